The van der Waals surface area contributed by atoms with E-state index in [1.807, 2.05) is 39.8 Å². The third-order valence-electron chi connectivity index (χ3n) is 20.5. The van der Waals surface area contributed by atoms with Gasteiger partial charge in [-0.25, -0.2) is 76.7 Å². The van der Waals surface area contributed by atoms with Crippen molar-refractivity contribution in [1.29, 1.82) is 0 Å². The highest BCUT2D eigenvalue weighted by molar-refractivity contribution is 6.20. The molecule has 6 aromatic heterocycles. The van der Waals surface area contributed by atoms with E-state index >= 15 is 0 Å². The first-order valence-electron chi connectivity index (χ1n) is 33.7. The molecule has 31 nitrogen and oxygen atoms in total. The van der Waals surface area contributed by atoms with Gasteiger partial charge in [-0.3, -0.25) is 4.79 Å². The molecule has 15 aromatic rings. The third-order valence-corrected chi connectivity index (χ3v) is 20.5. The van der Waals surface area contributed by atoms with E-state index in [4.69, 9.17) is 36.0 Å². The molecule has 0 aliphatic carbocycles. The summed E-state index contributed by atoms with van der Waals surface area (Å²) in [5, 5.41) is 0.339. The Morgan fingerprint density at radius 1 is 0.278 bits per heavy atom. The van der Waals surface area contributed by atoms with E-state index in [1.165, 1.54) is 60.7 Å². The second kappa shape index (κ2) is 24.1. The van der Waals surface area contributed by atoms with Crippen molar-refractivity contribution in [2.24, 2.45) is 0 Å². The van der Waals surface area contributed by atoms with Crippen LogP contribution in [0.5, 0.6) is 0 Å². The van der Waals surface area contributed by atoms with Crippen LogP contribution in [0.4, 0.5) is 13.2 Å². The van der Waals surface area contributed by atoms with Crippen molar-refractivity contribution in [1.82, 2.24) is 0 Å². The number of halogens is 3. The van der Waals surface area contributed by atoms with Crippen LogP contribution in [0.25, 0.3) is 87.8 Å². The molecule has 1 spiro atoms. The molecule has 6 aliphatic heterocycles. The second-order valence-electron chi connectivity index (χ2n) is 28.0. The molecule has 0 atom stereocenters. The Balaban J connectivity index is 0.000000115. The summed E-state index contributed by atoms with van der Waals surface area (Å²) in [6, 6.07) is 29.5. The minimum atomic E-state index is -4.84. The maximum Gasteiger partial charge on any atom is 0.402 e. The molecule has 6 aliphatic rings. The van der Waals surface area contributed by atoms with E-state index in [0.717, 1.165) is 66.6 Å². The lowest BCUT2D eigenvalue weighted by molar-refractivity contribution is -0.277. The number of cyclic esters (lactones) is 8. The molecule has 0 fully saturated rings. The molecule has 9 aromatic carbocycles. The van der Waals surface area contributed by atoms with Crippen LogP contribution in [-0.2, 0) is 50.8 Å². The Morgan fingerprint density at radius 2 is 0.513 bits per heavy atom. The molecule has 21 rings (SSSR count). The Kier molecular flexibility index (Phi) is 14.9. The molecule has 0 saturated carbocycles. The number of furan rings is 4. The smallest absolute Gasteiger partial charge is 0.402 e. The largest absolute Gasteiger partial charge is 0.449 e. The quantitative estimate of drug-likeness (QED) is 0.0519. The average molecular weight is 1560 g/mol. The number of carbonyl (C=O) groups is 9. The molecule has 0 N–H and O–H groups in total. The van der Waals surface area contributed by atoms with E-state index < -0.39 is 127 Å². The number of benzene rings is 9. The zero-order valence-corrected chi connectivity index (χ0v) is 58.5. The van der Waals surface area contributed by atoms with Gasteiger partial charge in [0.2, 0.25) is 5.79 Å². The standard InChI is InChI=1S/C35H20O12.C19H9F3O6.C17H6O7.C10H2O6/c1-33(2)17-9-25-27(42-23-7-15-13(5-21(23)40-25)29(36)44-31(15)38)11-19(17)35(46-33)20-12-28-26(10-18(20)34(3,4)47-35)41-22-6-14-16(8-24(22)43-28)32(39)45-30(14)37;1-18(19(20,21)22,8-2-4-10-12(6-8)16(25)27-14(10)23)9-3-5-11-13(7-9)17(26)28-15(11)24;18-13(7-1-3-9-11(5-7)16(21)23-14(9)19)8-2-4-10-12(6-8)17(22)24-15(10)20;11-7-3-1-4-6(10(14)16-8(4)12)2-5(3)9(13)15-7/h5-12H,1-4H3;2-7H,1H3;1-6H;1-2H. The van der Waals surface area contributed by atoms with Crippen LogP contribution in [0.1, 0.15) is 167 Å². The van der Waals surface area contributed by atoms with Crippen molar-refractivity contribution < 1.29 is 120 Å². The van der Waals surface area contributed by atoms with Gasteiger partial charge in [-0.2, -0.15) is 13.2 Å². The predicted molar refractivity (Wildman–Crippen MR) is 380 cm³/mol. The molecule has 34 heteroatoms. The first kappa shape index (κ1) is 71.3. The fourth-order valence-electron chi connectivity index (χ4n) is 14.7. The minimum Gasteiger partial charge on any atom is -0.449 e. The molecule has 568 valence electrons. The van der Waals surface area contributed by atoms with Gasteiger partial charge in [-0.15, -0.1) is 0 Å². The molecule has 0 bridgehead atoms. The maximum absolute atomic E-state index is 14.2. The highest BCUT2D eigenvalue weighted by Crippen LogP contribution is 2.61. The number of hydrogen-bond donors (Lipinski definition) is 0. The van der Waals surface area contributed by atoms with Crippen LogP contribution in [-0.4, -0.2) is 59.7 Å². The molecule has 115 heavy (non-hydrogen) atoms. The lowest BCUT2D eigenvalue weighted by Gasteiger charge is -2.33. The molecular weight excluding hydrogens is 1530 g/mol. The van der Waals surface area contributed by atoms with Gasteiger partial charge < -0.3 is 63.8 Å². The molecule has 12 heterocycles. The van der Waals surface area contributed by atoms with Gasteiger partial charge in [-0.05, 0) is 142 Å². The highest BCUT2D eigenvalue weighted by atomic mass is 19.4. The zero-order chi connectivity index (χ0) is 81.2. The summed E-state index contributed by atoms with van der Waals surface area (Å²) in [5.74, 6) is -8.94. The molecule has 0 radical (unpaired) electrons. The Labute approximate surface area is 627 Å². The number of alkyl halides is 3. The summed E-state index contributed by atoms with van der Waals surface area (Å²) in [5.41, 5.74) is -6.15. The van der Waals surface area contributed by atoms with E-state index in [9.17, 15) is 94.7 Å². The SMILES string of the molecule is CC(c1ccc2c(c1)C(=O)OC2=O)(c1ccc2c(c1)C(=O)OC2=O)C(F)(F)F.CC1(C)OC2(OC(C)(C)c3cc4oc5cc6c(=O)oc(=O)c6cc5oc4cc32)c2cc3oc4cc5c(=O)oc(=O)c5cc4oc3cc21.O=C(c1ccc2c(c1)C(=O)OC2=O)c1ccc2c(c1)C(=O)OC2=O.O=c1oc(=O)c2cc3c(=O)oc(=O)c3cc12. The van der Waals surface area contributed by atoms with Crippen LogP contribution < -0.4 is 45.0 Å². The monoisotopic (exact) mass is 1560 g/mol. The van der Waals surface area contributed by atoms with Crippen LogP contribution in [0.2, 0.25) is 0 Å². The first-order chi connectivity index (χ1) is 54.4. The van der Waals surface area contributed by atoms with Gasteiger partial charge >= 0.3 is 98.9 Å². The molecule has 0 saturated heterocycles. The Bertz CT molecular complexity index is 7210. The van der Waals surface area contributed by atoms with E-state index in [0.29, 0.717) is 33.5 Å². The van der Waals surface area contributed by atoms with Crippen molar-refractivity contribution in [2.75, 3.05) is 0 Å². The summed E-state index contributed by atoms with van der Waals surface area (Å²) < 4.78 is 117. The highest BCUT2D eigenvalue weighted by Gasteiger charge is 2.60. The van der Waals surface area contributed by atoms with Gasteiger partial charge in [-0.1, -0.05) is 24.3 Å². The molecular formula is C81H37F3O31. The predicted octanol–water partition coefficient (Wildman–Crippen LogP) is 10.5. The van der Waals surface area contributed by atoms with Gasteiger partial charge in [0.05, 0.1) is 98.8 Å². The Hall–Kier alpha value is -15.3. The fourth-order valence-corrected chi connectivity index (χ4v) is 14.7. The summed E-state index contributed by atoms with van der Waals surface area (Å²) >= 11 is 0. The van der Waals surface area contributed by atoms with Crippen LogP contribution >= 0.6 is 0 Å². The van der Waals surface area contributed by atoms with Crippen molar-refractivity contribution in [2.45, 2.75) is 63.2 Å². The lowest BCUT2D eigenvalue weighted by Crippen LogP contribution is -2.41. The summed E-state index contributed by atoms with van der Waals surface area (Å²) in [6.45, 7) is 8.55. The molecule has 0 unspecified atom stereocenters. The van der Waals surface area contributed by atoms with Crippen LogP contribution in [0.15, 0.2) is 207 Å². The van der Waals surface area contributed by atoms with Gasteiger partial charge in [0.25, 0.3) is 0 Å². The van der Waals surface area contributed by atoms with Gasteiger partial charge in [0.15, 0.2) is 50.4 Å². The third kappa shape index (κ3) is 10.7. The summed E-state index contributed by atoms with van der Waals surface area (Å²) in [6.07, 6.45) is -4.84. The molecule has 0 amide bonds. The minimum absolute atomic E-state index is 0.0154. The van der Waals surface area contributed by atoms with E-state index in [-0.39, 0.29) is 132 Å². The second-order valence-corrected chi connectivity index (χ2v) is 28.0. The van der Waals surface area contributed by atoms with Crippen molar-refractivity contribution in [3.8, 4) is 0 Å². The number of esters is 8. The van der Waals surface area contributed by atoms with Gasteiger partial charge in [0.1, 0.15) is 5.41 Å². The Morgan fingerprint density at radius 3 is 0.791 bits per heavy atom. The lowest BCUT2D eigenvalue weighted by atomic mass is 9.74. The van der Waals surface area contributed by atoms with Gasteiger partial charge in [0, 0.05) is 46.5 Å². The fraction of sp³-hybridized carbons (Fsp3) is 0.123. The van der Waals surface area contributed by atoms with Crippen LogP contribution in [0, 0.1) is 0 Å². The van der Waals surface area contributed by atoms with E-state index in [1.54, 1.807) is 12.1 Å². The maximum atomic E-state index is 14.2. The number of hydrogen-bond acceptors (Lipinski definition) is 31. The zero-order valence-electron chi connectivity index (χ0n) is 58.5. The number of ketones is 1. The summed E-state index contributed by atoms with van der Waals surface area (Å²) in [7, 11) is 0. The van der Waals surface area contributed by atoms with Crippen LogP contribution in [0.3, 0.4) is 0 Å². The van der Waals surface area contributed by atoms with Crippen molar-refractivity contribution in [3.63, 3.8) is 0 Å². The van der Waals surface area contributed by atoms with Crippen molar-refractivity contribution >= 4 is 141 Å². The first-order valence-corrected chi connectivity index (χ1v) is 33.7. The summed E-state index contributed by atoms with van der Waals surface area (Å²) in [4.78, 5) is 199. The number of ether oxygens (including phenoxy) is 6. The number of rotatable bonds is 4. The normalized spacial score (nSPS) is 15.8. The topological polar surface area (TPSA) is 451 Å². The average Bonchev–Trinajstić information content (AvgIpc) is 1.52. The van der Waals surface area contributed by atoms with E-state index in [2.05, 4.69) is 27.8 Å². The van der Waals surface area contributed by atoms with Crippen molar-refractivity contribution in [3.05, 3.63) is 306 Å². The number of carbonyl (C=O) groups excluding carboxylic acids is 9. The number of fused-ring (bicyclic) bond motifs is 16.